The number of hydrogen-bond acceptors (Lipinski definition) is 8. The minimum absolute atomic E-state index is 0.0164. The van der Waals surface area contributed by atoms with Crippen LogP contribution in [0, 0.1) is 18.8 Å². The van der Waals surface area contributed by atoms with Gasteiger partial charge >= 0.3 is 5.97 Å². The van der Waals surface area contributed by atoms with Crippen LogP contribution < -0.4 is 0 Å². The van der Waals surface area contributed by atoms with E-state index in [1.165, 1.54) is 41.3 Å². The molecular weight excluding hydrogens is 625 g/mol. The second-order valence-corrected chi connectivity index (χ2v) is 20.4. The number of thioether (sulfide) groups is 1. The number of hydrogen-bond donors (Lipinski definition) is 0. The molecule has 0 radical (unpaired) electrons. The molecule has 0 saturated carbocycles. The third-order valence-corrected chi connectivity index (χ3v) is 15.5. The van der Waals surface area contributed by atoms with Gasteiger partial charge in [0.2, 0.25) is 0 Å². The van der Waals surface area contributed by atoms with E-state index in [0.717, 1.165) is 47.7 Å². The third-order valence-electron chi connectivity index (χ3n) is 8.35. The van der Waals surface area contributed by atoms with E-state index >= 15 is 0 Å². The van der Waals surface area contributed by atoms with Crippen molar-refractivity contribution in [2.45, 2.75) is 71.2 Å². The highest BCUT2D eigenvalue weighted by atomic mass is 32.2. The first kappa shape index (κ1) is 34.5. The van der Waals surface area contributed by atoms with Crippen LogP contribution in [0.15, 0.2) is 47.2 Å². The average Bonchev–Trinajstić information content (AvgIpc) is 3.67. The summed E-state index contributed by atoms with van der Waals surface area (Å²) in [6.45, 7) is 15.7. The van der Waals surface area contributed by atoms with Crippen LogP contribution in [0.3, 0.4) is 0 Å². The lowest BCUT2D eigenvalue weighted by Crippen LogP contribution is -2.51. The summed E-state index contributed by atoms with van der Waals surface area (Å²) in [6.07, 6.45) is 2.31. The zero-order valence-corrected chi connectivity index (χ0v) is 30.3. The van der Waals surface area contributed by atoms with Gasteiger partial charge in [-0.2, -0.15) is 11.3 Å². The van der Waals surface area contributed by atoms with Crippen molar-refractivity contribution in [2.24, 2.45) is 0 Å². The maximum atomic E-state index is 13.0. The van der Waals surface area contributed by atoms with E-state index in [-0.39, 0.29) is 22.4 Å². The predicted octanol–water partition coefficient (Wildman–Crippen LogP) is 8.26. The van der Waals surface area contributed by atoms with Gasteiger partial charge in [-0.3, -0.25) is 9.80 Å². The van der Waals surface area contributed by atoms with Crippen molar-refractivity contribution in [1.82, 2.24) is 10.0 Å². The average molecular weight is 669 g/mol. The number of thiophene rings is 2. The predicted molar refractivity (Wildman–Crippen MR) is 187 cm³/mol. The summed E-state index contributed by atoms with van der Waals surface area (Å²) in [7, 11) is -0.659. The normalized spacial score (nSPS) is 15.2. The van der Waals surface area contributed by atoms with Gasteiger partial charge in [-0.1, -0.05) is 56.5 Å². The Morgan fingerprint density at radius 3 is 2.61 bits per heavy atom. The molecule has 44 heavy (non-hydrogen) atoms. The first-order chi connectivity index (χ1) is 20.9. The summed E-state index contributed by atoms with van der Waals surface area (Å²) in [5.41, 5.74) is 4.48. The summed E-state index contributed by atoms with van der Waals surface area (Å²) in [5.74, 6) is 7.13. The number of amides is 1. The molecule has 0 spiro atoms. The Kier molecular flexibility index (Phi) is 12.0. The van der Waals surface area contributed by atoms with Crippen molar-refractivity contribution in [3.63, 3.8) is 0 Å². The van der Waals surface area contributed by atoms with Gasteiger partial charge in [-0.05, 0) is 78.7 Å². The van der Waals surface area contributed by atoms with Crippen LogP contribution in [0.1, 0.15) is 64.0 Å². The van der Waals surface area contributed by atoms with Crippen molar-refractivity contribution in [2.75, 3.05) is 32.5 Å². The molecule has 1 aliphatic rings. The number of benzene rings is 1. The smallest absolute Gasteiger partial charge is 0.348 e. The minimum Gasteiger partial charge on any atom is -0.465 e. The van der Waals surface area contributed by atoms with E-state index in [1.54, 1.807) is 17.4 Å². The first-order valence-electron chi connectivity index (χ1n) is 15.0. The second-order valence-electron chi connectivity index (χ2n) is 12.6. The zero-order valence-electron chi connectivity index (χ0n) is 26.9. The van der Waals surface area contributed by atoms with Gasteiger partial charge in [0.05, 0.1) is 13.2 Å². The molecule has 1 amide bonds. The summed E-state index contributed by atoms with van der Waals surface area (Å²) in [4.78, 5) is 26.6. The highest BCUT2D eigenvalue weighted by Crippen LogP contribution is 2.38. The maximum Gasteiger partial charge on any atom is 0.348 e. The molecule has 0 bridgehead atoms. The van der Waals surface area contributed by atoms with Gasteiger partial charge in [-0.15, -0.1) is 11.3 Å². The third kappa shape index (κ3) is 9.32. The second kappa shape index (κ2) is 15.3. The number of rotatable bonds is 11. The Hall–Kier alpha value is -2.39. The fourth-order valence-electron chi connectivity index (χ4n) is 4.71. The van der Waals surface area contributed by atoms with Crippen LogP contribution in [0.5, 0.6) is 0 Å². The topological polar surface area (TPSA) is 59.1 Å². The van der Waals surface area contributed by atoms with Crippen LogP contribution >= 0.6 is 34.4 Å². The number of aryl methyl sites for hydroxylation is 1. The Morgan fingerprint density at radius 1 is 1.11 bits per heavy atom. The number of esters is 1. The van der Waals surface area contributed by atoms with Crippen molar-refractivity contribution >= 4 is 54.0 Å². The Labute approximate surface area is 276 Å². The monoisotopic (exact) mass is 668 g/mol. The molecule has 1 atom stereocenters. The lowest BCUT2D eigenvalue weighted by Gasteiger charge is -2.41. The standard InChI is InChI=1S/C34H44N2O4S3Si/c1-25-8-9-27(22-28(25)11-10-26-16-20-41-24-26)23-29(40-44(6,7)34(2,3)4)14-17-35-19-21-42-33(38)36(35)18-15-30-12-13-31(43-30)32(37)39-5/h8-9,12-13,16,20,22,24,29H,14-15,17-19,21,23H2,1-7H3. The van der Waals surface area contributed by atoms with Crippen LogP contribution in [0.25, 0.3) is 0 Å². The van der Waals surface area contributed by atoms with Crippen molar-refractivity contribution < 1.29 is 18.8 Å². The molecule has 236 valence electrons. The number of carbonyl (C=O) groups excluding carboxylic acids is 2. The van der Waals surface area contributed by atoms with Crippen LogP contribution in [-0.4, -0.2) is 68.1 Å². The van der Waals surface area contributed by atoms with Gasteiger partial charge < -0.3 is 9.16 Å². The van der Waals surface area contributed by atoms with E-state index in [4.69, 9.17) is 9.16 Å². The molecule has 1 fully saturated rings. The number of nitrogens with zero attached hydrogens (tertiary/aromatic N) is 2. The van der Waals surface area contributed by atoms with E-state index in [9.17, 15) is 9.59 Å². The Morgan fingerprint density at radius 2 is 1.91 bits per heavy atom. The molecule has 3 heterocycles. The molecule has 1 aromatic carbocycles. The van der Waals surface area contributed by atoms with Crippen molar-refractivity contribution in [1.29, 1.82) is 0 Å². The highest BCUT2D eigenvalue weighted by Gasteiger charge is 2.39. The van der Waals surface area contributed by atoms with Gasteiger partial charge in [-0.25, -0.2) is 9.80 Å². The minimum atomic E-state index is -2.05. The fourth-order valence-corrected chi connectivity index (χ4v) is 8.43. The summed E-state index contributed by atoms with van der Waals surface area (Å²) < 4.78 is 11.9. The fraction of sp³-hybridized carbons (Fsp3) is 0.471. The number of hydrazine groups is 1. The summed E-state index contributed by atoms with van der Waals surface area (Å²) >= 11 is 4.46. The lowest BCUT2D eigenvalue weighted by atomic mass is 10.00. The molecule has 1 aliphatic heterocycles. The van der Waals surface area contributed by atoms with Gasteiger partial charge in [0.1, 0.15) is 4.88 Å². The molecule has 3 aromatic rings. The van der Waals surface area contributed by atoms with E-state index < -0.39 is 8.32 Å². The van der Waals surface area contributed by atoms with E-state index in [0.29, 0.717) is 17.8 Å². The lowest BCUT2D eigenvalue weighted by molar-refractivity contribution is 0.0161. The largest absolute Gasteiger partial charge is 0.465 e. The molecule has 1 saturated heterocycles. The number of ether oxygens (including phenoxy) is 1. The quantitative estimate of drug-likeness (QED) is 0.117. The van der Waals surface area contributed by atoms with Crippen LogP contribution in [0.4, 0.5) is 4.79 Å². The Bertz CT molecular complexity index is 1480. The maximum absolute atomic E-state index is 13.0. The van der Waals surface area contributed by atoms with Gasteiger partial charge in [0, 0.05) is 53.2 Å². The van der Waals surface area contributed by atoms with Gasteiger partial charge in [0.15, 0.2) is 8.32 Å². The molecule has 6 nitrogen and oxygen atoms in total. The van der Waals surface area contributed by atoms with E-state index in [1.807, 2.05) is 17.1 Å². The Balaban J connectivity index is 1.48. The van der Waals surface area contributed by atoms with Crippen LogP contribution in [-0.2, 0) is 22.0 Å². The van der Waals surface area contributed by atoms with E-state index in [2.05, 4.69) is 86.6 Å². The molecule has 2 aromatic heterocycles. The molecule has 0 N–H and O–H groups in total. The van der Waals surface area contributed by atoms with Crippen LogP contribution in [0.2, 0.25) is 18.1 Å². The molecular formula is C34H44N2O4S3Si. The first-order valence-corrected chi connectivity index (χ1v) is 20.7. The summed E-state index contributed by atoms with van der Waals surface area (Å²) in [6, 6.07) is 12.4. The molecule has 4 rings (SSSR count). The zero-order chi connectivity index (χ0) is 31.9. The SMILES string of the molecule is COC(=O)c1ccc(CCN2C(=O)SCCN2CCC(Cc2ccc(C)c(C#Cc3ccsc3)c2)O[Si](C)(C)C(C)(C)C)s1. The van der Waals surface area contributed by atoms with Crippen molar-refractivity contribution in [3.8, 4) is 11.8 Å². The molecule has 0 aliphatic carbocycles. The molecule has 10 heteroatoms. The summed E-state index contributed by atoms with van der Waals surface area (Å²) in [5, 5.41) is 8.37. The number of methoxy groups -OCH3 is 1. The highest BCUT2D eigenvalue weighted by molar-refractivity contribution is 8.13. The molecule has 1 unspecified atom stereocenters. The van der Waals surface area contributed by atoms with Crippen molar-refractivity contribution in [3.05, 3.63) is 79.2 Å². The number of carbonyl (C=O) groups is 2. The van der Waals surface area contributed by atoms with Gasteiger partial charge in [0.25, 0.3) is 5.24 Å².